The van der Waals surface area contributed by atoms with E-state index in [1.54, 1.807) is 11.0 Å². The molecule has 4 aromatic rings. The maximum Gasteiger partial charge on any atom is 0.282 e. The number of hydrogen-bond acceptors (Lipinski definition) is 4. The zero-order valence-electron chi connectivity index (χ0n) is 17.3. The van der Waals surface area contributed by atoms with Gasteiger partial charge in [0.05, 0.1) is 22.2 Å². The van der Waals surface area contributed by atoms with Crippen LogP contribution in [0.25, 0.3) is 16.2 Å². The van der Waals surface area contributed by atoms with Gasteiger partial charge in [0.25, 0.3) is 5.91 Å². The minimum atomic E-state index is -0.193. The van der Waals surface area contributed by atoms with Crippen molar-refractivity contribution >= 4 is 56.5 Å². The number of nitrogens with zero attached hydrogens (tertiary/aromatic N) is 2. The second kappa shape index (κ2) is 8.61. The number of carbonyl (C=O) groups excluding carboxylic acids is 1. The van der Waals surface area contributed by atoms with Crippen molar-refractivity contribution in [1.82, 2.24) is 0 Å². The number of anilines is 1. The van der Waals surface area contributed by atoms with Crippen LogP contribution in [0.5, 0.6) is 5.75 Å². The van der Waals surface area contributed by atoms with Gasteiger partial charge >= 0.3 is 0 Å². The van der Waals surface area contributed by atoms with Crippen LogP contribution in [0, 0.1) is 0 Å². The fourth-order valence-corrected chi connectivity index (χ4v) is 5.13. The van der Waals surface area contributed by atoms with Gasteiger partial charge < -0.3 is 4.74 Å². The maximum atomic E-state index is 13.5. The van der Waals surface area contributed by atoms with Crippen LogP contribution in [0.15, 0.2) is 89.6 Å². The molecule has 0 unspecified atom stereocenters. The molecule has 0 fully saturated rings. The Morgan fingerprint density at radius 2 is 1.72 bits per heavy atom. The number of halogens is 1. The molecule has 0 aliphatic carbocycles. The number of carbonyl (C=O) groups is 1. The molecule has 2 heterocycles. The van der Waals surface area contributed by atoms with E-state index in [1.165, 1.54) is 11.3 Å². The van der Waals surface area contributed by atoms with Gasteiger partial charge in [-0.25, -0.2) is 4.99 Å². The summed E-state index contributed by atoms with van der Waals surface area (Å²) in [4.78, 5) is 20.7. The Labute approximate surface area is 195 Å². The Morgan fingerprint density at radius 3 is 2.44 bits per heavy atom. The van der Waals surface area contributed by atoms with Crippen LogP contribution >= 0.6 is 22.9 Å². The van der Waals surface area contributed by atoms with Crippen LogP contribution in [-0.4, -0.2) is 18.3 Å². The van der Waals surface area contributed by atoms with Gasteiger partial charge in [-0.05, 0) is 48.9 Å². The Kier molecular flexibility index (Phi) is 5.52. The lowest BCUT2D eigenvalue weighted by Gasteiger charge is -2.18. The summed E-state index contributed by atoms with van der Waals surface area (Å²) >= 11 is 8.30. The highest BCUT2D eigenvalue weighted by Gasteiger charge is 2.35. The summed E-state index contributed by atoms with van der Waals surface area (Å²) in [6.07, 6.45) is 1.80. The van der Waals surface area contributed by atoms with Gasteiger partial charge in [-0.15, -0.1) is 11.3 Å². The zero-order chi connectivity index (χ0) is 22.1. The molecule has 1 amide bonds. The van der Waals surface area contributed by atoms with E-state index >= 15 is 0 Å². The van der Waals surface area contributed by atoms with E-state index in [1.807, 2.05) is 85.8 Å². The number of hydrogen-bond donors (Lipinski definition) is 0. The highest BCUT2D eigenvalue weighted by Crippen LogP contribution is 2.39. The van der Waals surface area contributed by atoms with Crippen molar-refractivity contribution in [2.45, 2.75) is 6.92 Å². The molecule has 4 nitrogen and oxygen atoms in total. The normalized spacial score (nSPS) is 14.9. The molecule has 5 rings (SSSR count). The molecule has 1 aliphatic heterocycles. The topological polar surface area (TPSA) is 41.9 Å². The van der Waals surface area contributed by atoms with Crippen molar-refractivity contribution in [2.24, 2.45) is 4.99 Å². The molecule has 32 heavy (non-hydrogen) atoms. The van der Waals surface area contributed by atoms with Crippen molar-refractivity contribution in [1.29, 1.82) is 0 Å². The van der Waals surface area contributed by atoms with Gasteiger partial charge in [0.2, 0.25) is 0 Å². The van der Waals surface area contributed by atoms with Crippen molar-refractivity contribution in [3.8, 4) is 5.75 Å². The standard InChI is InChI=1S/C26H19ClN2O2S/c1-2-31-19-14-12-18(13-15-19)29-25(24-23(27)20-10-6-7-11-22(20)32-24)28-21(26(29)30)16-17-8-4-3-5-9-17/h3-16H,2H2,1H3/b21-16+. The van der Waals surface area contributed by atoms with Crippen molar-refractivity contribution in [2.75, 3.05) is 11.5 Å². The predicted molar refractivity (Wildman–Crippen MR) is 133 cm³/mol. The van der Waals surface area contributed by atoms with E-state index in [0.29, 0.717) is 28.8 Å². The van der Waals surface area contributed by atoms with Crippen LogP contribution in [0.4, 0.5) is 5.69 Å². The highest BCUT2D eigenvalue weighted by molar-refractivity contribution is 7.21. The van der Waals surface area contributed by atoms with E-state index in [0.717, 1.165) is 26.3 Å². The summed E-state index contributed by atoms with van der Waals surface area (Å²) in [6, 6.07) is 25.1. The average molecular weight is 459 g/mol. The summed E-state index contributed by atoms with van der Waals surface area (Å²) in [5.41, 5.74) is 1.99. The molecule has 0 spiro atoms. The third-order valence-corrected chi connectivity index (χ3v) is 6.78. The summed E-state index contributed by atoms with van der Waals surface area (Å²) in [5, 5.41) is 1.56. The lowest BCUT2D eigenvalue weighted by Crippen LogP contribution is -2.32. The number of amidine groups is 1. The molecule has 0 saturated heterocycles. The quantitative estimate of drug-likeness (QED) is 0.309. The van der Waals surface area contributed by atoms with Gasteiger partial charge in [0.1, 0.15) is 11.4 Å². The van der Waals surface area contributed by atoms with Crippen molar-refractivity contribution in [3.05, 3.63) is 100 Å². The number of benzene rings is 3. The maximum absolute atomic E-state index is 13.5. The second-order valence-corrected chi connectivity index (χ2v) is 8.61. The number of aliphatic imine (C=N–C) groups is 1. The smallest absolute Gasteiger partial charge is 0.282 e. The fourth-order valence-electron chi connectivity index (χ4n) is 3.63. The molecule has 1 aromatic heterocycles. The van der Waals surface area contributed by atoms with Crippen LogP contribution in [-0.2, 0) is 4.79 Å². The number of fused-ring (bicyclic) bond motifs is 1. The monoisotopic (exact) mass is 458 g/mol. The van der Waals surface area contributed by atoms with Gasteiger partial charge in [-0.1, -0.05) is 60.1 Å². The molecule has 0 atom stereocenters. The molecule has 1 aliphatic rings. The summed E-state index contributed by atoms with van der Waals surface area (Å²) in [6.45, 7) is 2.52. The third-order valence-electron chi connectivity index (χ3n) is 5.11. The SMILES string of the molecule is CCOc1ccc(N2C(=O)/C(=C\c3ccccc3)N=C2c2sc3ccccc3c2Cl)cc1. The Hall–Kier alpha value is -3.41. The Balaban J connectivity index is 1.65. The first-order valence-corrected chi connectivity index (χ1v) is 11.5. The highest BCUT2D eigenvalue weighted by atomic mass is 35.5. The van der Waals surface area contributed by atoms with E-state index in [-0.39, 0.29) is 5.91 Å². The van der Waals surface area contributed by atoms with Crippen molar-refractivity contribution < 1.29 is 9.53 Å². The van der Waals surface area contributed by atoms with Crippen LogP contribution in [0.1, 0.15) is 17.4 Å². The molecule has 0 N–H and O–H groups in total. The molecule has 0 bridgehead atoms. The minimum absolute atomic E-state index is 0.193. The molecule has 6 heteroatoms. The second-order valence-electron chi connectivity index (χ2n) is 7.18. The van der Waals surface area contributed by atoms with Crippen molar-refractivity contribution in [3.63, 3.8) is 0 Å². The third kappa shape index (κ3) is 3.70. The van der Waals surface area contributed by atoms with Gasteiger partial charge in [0, 0.05) is 10.1 Å². The fraction of sp³-hybridized carbons (Fsp3) is 0.0769. The number of ether oxygens (including phenoxy) is 1. The lowest BCUT2D eigenvalue weighted by molar-refractivity contribution is -0.113. The molecule has 158 valence electrons. The van der Waals surface area contributed by atoms with E-state index in [9.17, 15) is 4.79 Å². The first kappa shape index (κ1) is 20.5. The number of amides is 1. The zero-order valence-corrected chi connectivity index (χ0v) is 18.9. The summed E-state index contributed by atoms with van der Waals surface area (Å²) in [7, 11) is 0. The van der Waals surface area contributed by atoms with Gasteiger partial charge in [-0.2, -0.15) is 0 Å². The van der Waals surface area contributed by atoms with E-state index in [2.05, 4.69) is 0 Å². The first-order valence-electron chi connectivity index (χ1n) is 10.3. The molecular formula is C26H19ClN2O2S. The van der Waals surface area contributed by atoms with Gasteiger partial charge in [0.15, 0.2) is 5.84 Å². The largest absolute Gasteiger partial charge is 0.494 e. The molecular weight excluding hydrogens is 440 g/mol. The molecule has 3 aromatic carbocycles. The Bertz CT molecular complexity index is 1360. The number of thiophene rings is 1. The Morgan fingerprint density at radius 1 is 1.00 bits per heavy atom. The lowest BCUT2D eigenvalue weighted by atomic mass is 10.2. The summed E-state index contributed by atoms with van der Waals surface area (Å²) in [5.74, 6) is 1.09. The van der Waals surface area contributed by atoms with Gasteiger partial charge in [-0.3, -0.25) is 9.69 Å². The minimum Gasteiger partial charge on any atom is -0.494 e. The first-order chi connectivity index (χ1) is 15.7. The molecule has 0 saturated carbocycles. The average Bonchev–Trinajstić information content (AvgIpc) is 3.32. The molecule has 0 radical (unpaired) electrons. The van der Waals surface area contributed by atoms with Crippen LogP contribution in [0.3, 0.4) is 0 Å². The predicted octanol–water partition coefficient (Wildman–Crippen LogP) is 6.79. The van der Waals surface area contributed by atoms with Crippen LogP contribution < -0.4 is 9.64 Å². The van der Waals surface area contributed by atoms with Crippen LogP contribution in [0.2, 0.25) is 5.02 Å². The van der Waals surface area contributed by atoms with E-state index < -0.39 is 0 Å². The number of rotatable bonds is 5. The summed E-state index contributed by atoms with van der Waals surface area (Å²) < 4.78 is 6.61. The van der Waals surface area contributed by atoms with E-state index in [4.69, 9.17) is 21.3 Å².